The Labute approximate surface area is 186 Å². The van der Waals surface area contributed by atoms with E-state index in [0.717, 1.165) is 38.4 Å². The van der Waals surface area contributed by atoms with E-state index in [-0.39, 0.29) is 0 Å². The molecule has 154 valence electrons. The maximum absolute atomic E-state index is 11.6. The molecule has 32 heavy (non-hydrogen) atoms. The van der Waals surface area contributed by atoms with Gasteiger partial charge in [0.2, 0.25) is 0 Å². The summed E-state index contributed by atoms with van der Waals surface area (Å²) < 4.78 is 0. The molecule has 2 nitrogen and oxygen atoms in total. The van der Waals surface area contributed by atoms with Crippen molar-refractivity contribution in [2.75, 3.05) is 0 Å². The summed E-state index contributed by atoms with van der Waals surface area (Å²) in [6.07, 6.45) is -1.69. The quantitative estimate of drug-likeness (QED) is 0.313. The Bertz CT molecular complexity index is 1520. The molecule has 0 spiro atoms. The molecule has 0 saturated heterocycles. The number of aliphatic hydroxyl groups is 2. The number of rotatable bonds is 4. The Kier molecular flexibility index (Phi) is 4.43. The summed E-state index contributed by atoms with van der Waals surface area (Å²) in [5.41, 5.74) is 3.11. The minimum atomic E-state index is -0.853. The van der Waals surface area contributed by atoms with Crippen LogP contribution in [0.2, 0.25) is 0 Å². The first-order valence-corrected chi connectivity index (χ1v) is 10.9. The molecule has 0 saturated carbocycles. The van der Waals surface area contributed by atoms with Crippen molar-refractivity contribution in [2.45, 2.75) is 12.2 Å². The van der Waals surface area contributed by atoms with E-state index in [4.69, 9.17) is 0 Å². The predicted molar refractivity (Wildman–Crippen MR) is 131 cm³/mol. The van der Waals surface area contributed by atoms with E-state index in [9.17, 15) is 10.2 Å². The Morgan fingerprint density at radius 1 is 0.469 bits per heavy atom. The van der Waals surface area contributed by atoms with Crippen LogP contribution in [0.4, 0.5) is 0 Å². The third-order valence-corrected chi connectivity index (χ3v) is 6.52. The molecular formula is C30H22O2. The third kappa shape index (κ3) is 2.89. The molecule has 0 aromatic heterocycles. The molecule has 0 aliphatic carbocycles. The molecule has 6 rings (SSSR count). The number of benzene rings is 6. The molecule has 0 fully saturated rings. The fraction of sp³-hybridized carbons (Fsp3) is 0.0667. The second kappa shape index (κ2) is 7.45. The van der Waals surface area contributed by atoms with Crippen molar-refractivity contribution in [3.63, 3.8) is 0 Å². The number of hydrogen-bond donors (Lipinski definition) is 2. The monoisotopic (exact) mass is 414 g/mol. The van der Waals surface area contributed by atoms with Crippen molar-refractivity contribution in [3.8, 4) is 0 Å². The van der Waals surface area contributed by atoms with Gasteiger partial charge < -0.3 is 10.2 Å². The van der Waals surface area contributed by atoms with Gasteiger partial charge in [-0.2, -0.15) is 0 Å². The van der Waals surface area contributed by atoms with Crippen molar-refractivity contribution >= 4 is 32.3 Å². The Hall–Kier alpha value is -3.72. The van der Waals surface area contributed by atoms with Crippen LogP contribution in [0.1, 0.15) is 34.5 Å². The topological polar surface area (TPSA) is 40.5 Å². The van der Waals surface area contributed by atoms with Crippen molar-refractivity contribution in [1.29, 1.82) is 0 Å². The molecule has 0 aliphatic rings. The largest absolute Gasteiger partial charge is 0.384 e. The Morgan fingerprint density at radius 2 is 1.03 bits per heavy atom. The highest BCUT2D eigenvalue weighted by Crippen LogP contribution is 2.43. The van der Waals surface area contributed by atoms with Gasteiger partial charge in [0.1, 0.15) is 12.2 Å². The average Bonchev–Trinajstić information content (AvgIpc) is 2.87. The highest BCUT2D eigenvalue weighted by atomic mass is 16.3. The van der Waals surface area contributed by atoms with E-state index in [1.165, 1.54) is 16.2 Å². The van der Waals surface area contributed by atoms with Gasteiger partial charge in [0, 0.05) is 0 Å². The second-order valence-electron chi connectivity index (χ2n) is 8.36. The van der Waals surface area contributed by atoms with Crippen LogP contribution >= 0.6 is 0 Å². The van der Waals surface area contributed by atoms with Crippen molar-refractivity contribution in [1.82, 2.24) is 0 Å². The van der Waals surface area contributed by atoms with Crippen LogP contribution < -0.4 is 0 Å². The van der Waals surface area contributed by atoms with E-state index >= 15 is 0 Å². The summed E-state index contributed by atoms with van der Waals surface area (Å²) in [6.45, 7) is 0. The Balaban J connectivity index is 1.72. The molecule has 6 aromatic rings. The van der Waals surface area contributed by atoms with Crippen molar-refractivity contribution in [3.05, 3.63) is 131 Å². The standard InChI is InChI=1S/C30H22O2/c31-29(21-8-3-1-4-9-21)25-18-23-15-14-19-12-7-13-20-16-17-24(27(23)26(19)20)28(25)30(32)22-10-5-2-6-11-22/h1-18,29-32H. The molecule has 6 aromatic carbocycles. The van der Waals surface area contributed by atoms with Crippen LogP contribution in [-0.2, 0) is 0 Å². The fourth-order valence-electron chi connectivity index (χ4n) is 5.00. The van der Waals surface area contributed by atoms with Gasteiger partial charge in [-0.1, -0.05) is 103 Å². The summed E-state index contributed by atoms with van der Waals surface area (Å²) in [6, 6.07) is 36.1. The molecule has 2 N–H and O–H groups in total. The van der Waals surface area contributed by atoms with Gasteiger partial charge in [-0.25, -0.2) is 0 Å². The average molecular weight is 415 g/mol. The number of aliphatic hydroxyl groups excluding tert-OH is 2. The lowest BCUT2D eigenvalue weighted by Gasteiger charge is -2.24. The van der Waals surface area contributed by atoms with Crippen LogP contribution in [-0.4, -0.2) is 10.2 Å². The smallest absolute Gasteiger partial charge is 0.105 e. The minimum absolute atomic E-state index is 0.735. The minimum Gasteiger partial charge on any atom is -0.384 e. The van der Waals surface area contributed by atoms with E-state index in [0.29, 0.717) is 0 Å². The molecule has 2 heteroatoms. The zero-order chi connectivity index (χ0) is 21.7. The maximum atomic E-state index is 11.6. The molecule has 0 radical (unpaired) electrons. The molecule has 2 unspecified atom stereocenters. The Morgan fingerprint density at radius 3 is 1.69 bits per heavy atom. The molecular weight excluding hydrogens is 392 g/mol. The lowest BCUT2D eigenvalue weighted by Crippen LogP contribution is -2.10. The first-order valence-electron chi connectivity index (χ1n) is 10.9. The molecule has 0 heterocycles. The van der Waals surface area contributed by atoms with Gasteiger partial charge >= 0.3 is 0 Å². The highest BCUT2D eigenvalue weighted by molar-refractivity contribution is 6.23. The van der Waals surface area contributed by atoms with Crippen molar-refractivity contribution in [2.24, 2.45) is 0 Å². The van der Waals surface area contributed by atoms with Crippen LogP contribution in [0.15, 0.2) is 109 Å². The van der Waals surface area contributed by atoms with Gasteiger partial charge in [0.05, 0.1) is 0 Å². The van der Waals surface area contributed by atoms with Crippen molar-refractivity contribution < 1.29 is 10.2 Å². The summed E-state index contributed by atoms with van der Waals surface area (Å²) >= 11 is 0. The molecule has 2 atom stereocenters. The number of hydrogen-bond acceptors (Lipinski definition) is 2. The second-order valence-corrected chi connectivity index (χ2v) is 8.36. The van der Waals surface area contributed by atoms with Crippen LogP contribution in [0.5, 0.6) is 0 Å². The maximum Gasteiger partial charge on any atom is 0.105 e. The summed E-state index contributed by atoms with van der Waals surface area (Å²) in [4.78, 5) is 0. The SMILES string of the molecule is OC(c1ccccc1)c1cc2ccc3cccc4ccc(c1C(O)c1ccccc1)c2c34. The van der Waals surface area contributed by atoms with Gasteiger partial charge in [-0.15, -0.1) is 0 Å². The van der Waals surface area contributed by atoms with Crippen LogP contribution in [0.3, 0.4) is 0 Å². The fourth-order valence-corrected chi connectivity index (χ4v) is 5.00. The van der Waals surface area contributed by atoms with Gasteiger partial charge in [0.25, 0.3) is 0 Å². The molecule has 0 bridgehead atoms. The summed E-state index contributed by atoms with van der Waals surface area (Å²) in [5, 5.41) is 29.8. The lowest BCUT2D eigenvalue weighted by atomic mass is 9.83. The highest BCUT2D eigenvalue weighted by Gasteiger charge is 2.25. The van der Waals surface area contributed by atoms with E-state index in [1.54, 1.807) is 0 Å². The van der Waals surface area contributed by atoms with Crippen LogP contribution in [0, 0.1) is 0 Å². The zero-order valence-corrected chi connectivity index (χ0v) is 17.4. The van der Waals surface area contributed by atoms with E-state index in [1.807, 2.05) is 66.7 Å². The summed E-state index contributed by atoms with van der Waals surface area (Å²) in [5.74, 6) is 0. The van der Waals surface area contributed by atoms with E-state index in [2.05, 4.69) is 42.5 Å². The van der Waals surface area contributed by atoms with Gasteiger partial charge in [-0.3, -0.25) is 0 Å². The first kappa shape index (κ1) is 19.0. The first-order chi connectivity index (χ1) is 15.7. The summed E-state index contributed by atoms with van der Waals surface area (Å²) in [7, 11) is 0. The molecule has 0 aliphatic heterocycles. The third-order valence-electron chi connectivity index (χ3n) is 6.52. The van der Waals surface area contributed by atoms with Gasteiger partial charge in [-0.05, 0) is 60.6 Å². The van der Waals surface area contributed by atoms with Gasteiger partial charge in [0.15, 0.2) is 0 Å². The van der Waals surface area contributed by atoms with E-state index < -0.39 is 12.2 Å². The van der Waals surface area contributed by atoms with Crippen LogP contribution in [0.25, 0.3) is 32.3 Å². The lowest BCUT2D eigenvalue weighted by molar-refractivity contribution is 0.198. The zero-order valence-electron chi connectivity index (χ0n) is 17.4. The molecule has 0 amide bonds. The normalized spacial score (nSPS) is 13.7. The predicted octanol–water partition coefficient (Wildman–Crippen LogP) is 6.75.